The smallest absolute Gasteiger partial charge is 0.123 e. The molecule has 1 aromatic carbocycles. The van der Waals surface area contributed by atoms with Crippen LogP contribution in [0.4, 0.5) is 0 Å². The number of para-hydroxylation sites is 1. The molecule has 94 valence electrons. The summed E-state index contributed by atoms with van der Waals surface area (Å²) >= 11 is 3.59. The largest absolute Gasteiger partial charge is 0.492 e. The third-order valence-electron chi connectivity index (χ3n) is 3.05. The van der Waals surface area contributed by atoms with Crippen molar-refractivity contribution in [2.75, 3.05) is 25.0 Å². The summed E-state index contributed by atoms with van der Waals surface area (Å²) in [7, 11) is 0. The Morgan fingerprint density at radius 2 is 2.12 bits per heavy atom. The van der Waals surface area contributed by atoms with Gasteiger partial charge in [-0.1, -0.05) is 48.0 Å². The van der Waals surface area contributed by atoms with Gasteiger partial charge in [0, 0.05) is 30.5 Å². The predicted octanol–water partition coefficient (Wildman–Crippen LogP) is 3.30. The zero-order chi connectivity index (χ0) is 12.3. The lowest BCUT2D eigenvalue weighted by atomic mass is 9.95. The van der Waals surface area contributed by atoms with Crippen LogP contribution < -0.4 is 4.74 Å². The maximum atomic E-state index is 5.77. The molecule has 2 nitrogen and oxygen atoms in total. The number of fused-ring (bicyclic) bond motifs is 1. The van der Waals surface area contributed by atoms with E-state index in [4.69, 9.17) is 4.74 Å². The summed E-state index contributed by atoms with van der Waals surface area (Å²) in [6, 6.07) is 8.35. The monoisotopic (exact) mass is 297 g/mol. The van der Waals surface area contributed by atoms with Crippen molar-refractivity contribution in [3.8, 4) is 5.75 Å². The van der Waals surface area contributed by atoms with Crippen molar-refractivity contribution in [2.24, 2.45) is 5.41 Å². The number of halogens is 1. The summed E-state index contributed by atoms with van der Waals surface area (Å²) in [5.41, 5.74) is 1.61. The van der Waals surface area contributed by atoms with Crippen LogP contribution in [0.3, 0.4) is 0 Å². The molecular weight excluding hydrogens is 278 g/mol. The molecular formula is C14H20BrNO. The summed E-state index contributed by atoms with van der Waals surface area (Å²) in [4.78, 5) is 2.48. The zero-order valence-corrected chi connectivity index (χ0v) is 12.2. The normalized spacial score (nSPS) is 17.1. The summed E-state index contributed by atoms with van der Waals surface area (Å²) in [6.07, 6.45) is 0. The van der Waals surface area contributed by atoms with E-state index in [9.17, 15) is 0 Å². The van der Waals surface area contributed by atoms with Gasteiger partial charge in [0.05, 0.1) is 0 Å². The Labute approximate surface area is 112 Å². The fourth-order valence-electron chi connectivity index (χ4n) is 2.16. The van der Waals surface area contributed by atoms with Crippen LogP contribution in [0, 0.1) is 5.41 Å². The number of hydrogen-bond acceptors (Lipinski definition) is 2. The van der Waals surface area contributed by atoms with Crippen molar-refractivity contribution >= 4 is 15.9 Å². The molecule has 0 N–H and O–H groups in total. The highest BCUT2D eigenvalue weighted by Gasteiger charge is 2.23. The third-order valence-corrected chi connectivity index (χ3v) is 4.56. The van der Waals surface area contributed by atoms with Crippen LogP contribution in [0.1, 0.15) is 19.4 Å². The van der Waals surface area contributed by atoms with Crippen LogP contribution in [-0.4, -0.2) is 29.9 Å². The van der Waals surface area contributed by atoms with Gasteiger partial charge in [0.1, 0.15) is 12.4 Å². The van der Waals surface area contributed by atoms with E-state index in [0.717, 1.165) is 37.3 Å². The molecule has 1 aromatic rings. The van der Waals surface area contributed by atoms with Gasteiger partial charge in [-0.05, 0) is 11.5 Å². The van der Waals surface area contributed by atoms with Gasteiger partial charge < -0.3 is 4.74 Å². The molecule has 0 aromatic heterocycles. The summed E-state index contributed by atoms with van der Waals surface area (Å²) < 4.78 is 5.77. The Bertz CT molecular complexity index is 378. The first-order chi connectivity index (χ1) is 8.11. The van der Waals surface area contributed by atoms with E-state index in [2.05, 4.69) is 52.9 Å². The van der Waals surface area contributed by atoms with Gasteiger partial charge in [0.25, 0.3) is 0 Å². The first kappa shape index (κ1) is 12.9. The van der Waals surface area contributed by atoms with E-state index in [1.807, 2.05) is 6.07 Å². The fraction of sp³-hybridized carbons (Fsp3) is 0.571. The molecule has 0 aliphatic carbocycles. The van der Waals surface area contributed by atoms with Crippen molar-refractivity contribution in [1.29, 1.82) is 0 Å². The topological polar surface area (TPSA) is 12.5 Å². The minimum atomic E-state index is 0.305. The van der Waals surface area contributed by atoms with Crippen molar-refractivity contribution in [1.82, 2.24) is 4.90 Å². The molecule has 0 saturated carbocycles. The van der Waals surface area contributed by atoms with Gasteiger partial charge in [-0.15, -0.1) is 0 Å². The summed E-state index contributed by atoms with van der Waals surface area (Å²) in [6.45, 7) is 8.46. The van der Waals surface area contributed by atoms with Crippen LogP contribution in [0.15, 0.2) is 24.3 Å². The maximum Gasteiger partial charge on any atom is 0.123 e. The molecule has 0 saturated heterocycles. The van der Waals surface area contributed by atoms with Gasteiger partial charge in [-0.25, -0.2) is 0 Å². The number of rotatable bonds is 3. The molecule has 0 unspecified atom stereocenters. The Kier molecular flexibility index (Phi) is 4.10. The van der Waals surface area contributed by atoms with Crippen molar-refractivity contribution in [3.05, 3.63) is 29.8 Å². The lowest BCUT2D eigenvalue weighted by Crippen LogP contribution is -2.36. The van der Waals surface area contributed by atoms with E-state index in [1.165, 1.54) is 5.56 Å². The Hall–Kier alpha value is -0.540. The van der Waals surface area contributed by atoms with Crippen LogP contribution >= 0.6 is 15.9 Å². The second-order valence-electron chi connectivity index (χ2n) is 5.46. The van der Waals surface area contributed by atoms with Crippen LogP contribution in [0.25, 0.3) is 0 Å². The Morgan fingerprint density at radius 1 is 1.35 bits per heavy atom. The Morgan fingerprint density at radius 3 is 2.88 bits per heavy atom. The molecule has 3 heteroatoms. The molecule has 1 heterocycles. The molecule has 0 fully saturated rings. The summed E-state index contributed by atoms with van der Waals surface area (Å²) in [5.74, 6) is 1.05. The van der Waals surface area contributed by atoms with Gasteiger partial charge in [0.2, 0.25) is 0 Å². The molecule has 0 spiro atoms. The van der Waals surface area contributed by atoms with Gasteiger partial charge in [-0.2, -0.15) is 0 Å². The predicted molar refractivity (Wildman–Crippen MR) is 74.8 cm³/mol. The lowest BCUT2D eigenvalue weighted by molar-refractivity contribution is 0.172. The van der Waals surface area contributed by atoms with E-state index in [0.29, 0.717) is 5.41 Å². The average molecular weight is 298 g/mol. The van der Waals surface area contributed by atoms with Crippen LogP contribution in [-0.2, 0) is 6.54 Å². The summed E-state index contributed by atoms with van der Waals surface area (Å²) in [5, 5.41) is 1.03. The fourth-order valence-corrected chi connectivity index (χ4v) is 2.34. The molecule has 0 atom stereocenters. The first-order valence-corrected chi connectivity index (χ1v) is 7.22. The van der Waals surface area contributed by atoms with Crippen LogP contribution in [0.2, 0.25) is 0 Å². The van der Waals surface area contributed by atoms with Gasteiger partial charge in [0.15, 0.2) is 0 Å². The van der Waals surface area contributed by atoms with Crippen LogP contribution in [0.5, 0.6) is 5.75 Å². The number of benzene rings is 1. The van der Waals surface area contributed by atoms with E-state index >= 15 is 0 Å². The molecule has 2 rings (SSSR count). The molecule has 0 radical (unpaired) electrons. The zero-order valence-electron chi connectivity index (χ0n) is 10.6. The maximum absolute atomic E-state index is 5.77. The highest BCUT2D eigenvalue weighted by Crippen LogP contribution is 2.26. The van der Waals surface area contributed by atoms with E-state index in [1.54, 1.807) is 0 Å². The number of ether oxygens (including phenoxy) is 1. The van der Waals surface area contributed by atoms with Crippen molar-refractivity contribution in [2.45, 2.75) is 20.4 Å². The standard InChI is InChI=1S/C14H20BrNO/c1-14(2,10-15)11-16-7-8-17-13-6-4-3-5-12(13)9-16/h3-6H,7-11H2,1-2H3. The number of alkyl halides is 1. The molecule has 0 amide bonds. The number of hydrogen-bond donors (Lipinski definition) is 0. The first-order valence-electron chi connectivity index (χ1n) is 6.10. The van der Waals surface area contributed by atoms with Crippen molar-refractivity contribution < 1.29 is 4.74 Å². The molecule has 0 bridgehead atoms. The minimum absolute atomic E-state index is 0.305. The second-order valence-corrected chi connectivity index (χ2v) is 6.03. The van der Waals surface area contributed by atoms with Crippen molar-refractivity contribution in [3.63, 3.8) is 0 Å². The van der Waals surface area contributed by atoms with Gasteiger partial charge in [-0.3, -0.25) is 4.90 Å². The number of nitrogens with zero attached hydrogens (tertiary/aromatic N) is 1. The highest BCUT2D eigenvalue weighted by atomic mass is 79.9. The van der Waals surface area contributed by atoms with Gasteiger partial charge >= 0.3 is 0 Å². The van der Waals surface area contributed by atoms with E-state index in [-0.39, 0.29) is 0 Å². The average Bonchev–Trinajstić information content (AvgIpc) is 2.50. The quantitative estimate of drug-likeness (QED) is 0.794. The lowest BCUT2D eigenvalue weighted by Gasteiger charge is -2.30. The molecule has 1 aliphatic heterocycles. The second kappa shape index (κ2) is 5.40. The molecule has 1 aliphatic rings. The molecule has 17 heavy (non-hydrogen) atoms. The minimum Gasteiger partial charge on any atom is -0.492 e. The Balaban J connectivity index is 2.08. The third kappa shape index (κ3) is 3.46. The van der Waals surface area contributed by atoms with E-state index < -0.39 is 0 Å². The SMILES string of the molecule is CC(C)(CBr)CN1CCOc2ccccc2C1. The highest BCUT2D eigenvalue weighted by molar-refractivity contribution is 9.09.